The zero-order valence-electron chi connectivity index (χ0n) is 18.4. The van der Waals surface area contributed by atoms with Crippen LogP contribution in [0, 0.1) is 6.92 Å². The minimum Gasteiger partial charge on any atom is -0.504 e. The van der Waals surface area contributed by atoms with Gasteiger partial charge in [0, 0.05) is 27.7 Å². The second-order valence-electron chi connectivity index (χ2n) is 7.16. The van der Waals surface area contributed by atoms with Gasteiger partial charge in [-0.15, -0.1) is 0 Å². The minimum atomic E-state index is -1.41. The summed E-state index contributed by atoms with van der Waals surface area (Å²) in [5.41, 5.74) is 0.753. The van der Waals surface area contributed by atoms with Crippen molar-refractivity contribution in [2.45, 2.75) is 65.3 Å². The van der Waals surface area contributed by atoms with Crippen LogP contribution in [0.4, 0.5) is 0 Å². The summed E-state index contributed by atoms with van der Waals surface area (Å²) in [6.45, 7) is 5.93. The molecule has 0 bridgehead atoms. The van der Waals surface area contributed by atoms with Crippen LogP contribution in [0.15, 0.2) is 18.2 Å². The lowest BCUT2D eigenvalue weighted by atomic mass is 9.98. The summed E-state index contributed by atoms with van der Waals surface area (Å²) in [4.78, 5) is 46.6. The molecule has 2 rings (SSSR count). The van der Waals surface area contributed by atoms with Crippen molar-refractivity contribution in [2.24, 2.45) is 0 Å². The van der Waals surface area contributed by atoms with Crippen LogP contribution in [0.1, 0.15) is 33.3 Å². The average molecular weight is 454 g/mol. The normalized spacial score (nSPS) is 24.7. The molecule has 1 fully saturated rings. The fourth-order valence-corrected chi connectivity index (χ4v) is 3.12. The van der Waals surface area contributed by atoms with E-state index in [1.54, 1.807) is 13.0 Å². The van der Waals surface area contributed by atoms with Crippen LogP contribution in [-0.4, -0.2) is 66.3 Å². The summed E-state index contributed by atoms with van der Waals surface area (Å²) in [5.74, 6) is -3.09. The van der Waals surface area contributed by atoms with E-state index < -0.39 is 54.6 Å². The summed E-state index contributed by atoms with van der Waals surface area (Å²) < 4.78 is 32.5. The van der Waals surface area contributed by atoms with Gasteiger partial charge in [-0.25, -0.2) is 0 Å². The van der Waals surface area contributed by atoms with Gasteiger partial charge in [0.2, 0.25) is 12.4 Å². The molecule has 1 saturated heterocycles. The molecule has 0 radical (unpaired) electrons. The van der Waals surface area contributed by atoms with Crippen LogP contribution < -0.4 is 4.74 Å². The molecule has 1 aliphatic heterocycles. The van der Waals surface area contributed by atoms with E-state index >= 15 is 0 Å². The maximum absolute atomic E-state index is 11.8. The number of benzene rings is 1. The molecular weight excluding hydrogens is 428 g/mol. The predicted molar refractivity (Wildman–Crippen MR) is 105 cm³/mol. The van der Waals surface area contributed by atoms with E-state index in [4.69, 9.17) is 28.4 Å². The molecule has 1 aromatic rings. The van der Waals surface area contributed by atoms with Crippen molar-refractivity contribution in [3.63, 3.8) is 0 Å². The summed E-state index contributed by atoms with van der Waals surface area (Å²) in [7, 11) is 0. The van der Waals surface area contributed by atoms with E-state index in [0.29, 0.717) is 0 Å². The Labute approximate surface area is 184 Å². The van der Waals surface area contributed by atoms with Crippen LogP contribution in [0.5, 0.6) is 11.5 Å². The molecule has 0 spiro atoms. The first kappa shape index (κ1) is 24.9. The van der Waals surface area contributed by atoms with Crippen molar-refractivity contribution in [2.75, 3.05) is 6.61 Å². The Balaban J connectivity index is 2.49. The van der Waals surface area contributed by atoms with Crippen molar-refractivity contribution in [1.82, 2.24) is 0 Å². The zero-order chi connectivity index (χ0) is 24.0. The highest BCUT2D eigenvalue weighted by atomic mass is 16.7. The lowest BCUT2D eigenvalue weighted by molar-refractivity contribution is -0.288. The van der Waals surface area contributed by atoms with Gasteiger partial charge in [-0.1, -0.05) is 6.07 Å². The lowest BCUT2D eigenvalue weighted by Gasteiger charge is -2.43. The molecular formula is C21H26O11. The van der Waals surface area contributed by atoms with Crippen LogP contribution in [-0.2, 0) is 42.9 Å². The van der Waals surface area contributed by atoms with E-state index in [-0.39, 0.29) is 18.1 Å². The first-order chi connectivity index (χ1) is 15.0. The molecule has 5 atom stereocenters. The van der Waals surface area contributed by atoms with Gasteiger partial charge < -0.3 is 33.5 Å². The Morgan fingerprint density at radius 1 is 0.875 bits per heavy atom. The molecule has 1 aliphatic rings. The third-order valence-corrected chi connectivity index (χ3v) is 4.31. The Bertz CT molecular complexity index is 865. The summed E-state index contributed by atoms with van der Waals surface area (Å²) in [5, 5.41) is 10.1. The monoisotopic (exact) mass is 454 g/mol. The largest absolute Gasteiger partial charge is 0.504 e. The molecule has 0 aromatic heterocycles. The van der Waals surface area contributed by atoms with Crippen molar-refractivity contribution >= 4 is 23.9 Å². The van der Waals surface area contributed by atoms with Gasteiger partial charge in [0.05, 0.1) is 0 Å². The van der Waals surface area contributed by atoms with Gasteiger partial charge >= 0.3 is 23.9 Å². The van der Waals surface area contributed by atoms with E-state index in [0.717, 1.165) is 26.3 Å². The summed E-state index contributed by atoms with van der Waals surface area (Å²) >= 11 is 0. The smallest absolute Gasteiger partial charge is 0.303 e. The number of carbonyl (C=O) groups is 4. The van der Waals surface area contributed by atoms with Crippen LogP contribution in [0.2, 0.25) is 0 Å². The third kappa shape index (κ3) is 6.84. The molecule has 1 N–H and O–H groups in total. The number of aryl methyl sites for hydroxylation is 1. The second-order valence-corrected chi connectivity index (χ2v) is 7.16. The van der Waals surface area contributed by atoms with Gasteiger partial charge in [-0.05, 0) is 24.6 Å². The topological polar surface area (TPSA) is 144 Å². The summed E-state index contributed by atoms with van der Waals surface area (Å²) in [6.07, 6.45) is -6.58. The van der Waals surface area contributed by atoms with Crippen molar-refractivity contribution in [1.29, 1.82) is 0 Å². The molecule has 0 amide bonds. The average Bonchev–Trinajstić information content (AvgIpc) is 2.66. The number of phenols is 1. The van der Waals surface area contributed by atoms with Crippen molar-refractivity contribution in [3.05, 3.63) is 23.8 Å². The second kappa shape index (κ2) is 10.8. The molecule has 0 saturated carbocycles. The maximum Gasteiger partial charge on any atom is 0.303 e. The zero-order valence-corrected chi connectivity index (χ0v) is 18.4. The fourth-order valence-electron chi connectivity index (χ4n) is 3.12. The number of phenolic OH excluding ortho intramolecular Hbond substituents is 1. The summed E-state index contributed by atoms with van der Waals surface area (Å²) in [6, 6.07) is 4.56. The first-order valence-electron chi connectivity index (χ1n) is 9.74. The predicted octanol–water partition coefficient (Wildman–Crippen LogP) is 1.16. The highest BCUT2D eigenvalue weighted by Gasteiger charge is 2.53. The molecule has 5 unspecified atom stereocenters. The standard InChI is InChI=1S/C21H26O11/c1-10-6-7-15(26)16(8-10)31-21-20(30-14(5)25)19(29-13(4)24)18(28-12(3)23)17(32-21)9-27-11(2)22/h6-8,17-21,26H,9H2,1-5H3. The van der Waals surface area contributed by atoms with Gasteiger partial charge in [0.1, 0.15) is 12.7 Å². The SMILES string of the molecule is CC(=O)OCC1OC(Oc2cc(C)ccc2O)C(OC(C)=O)C(OC(C)=O)C1OC(C)=O. The molecule has 11 heteroatoms. The number of aromatic hydroxyl groups is 1. The first-order valence-corrected chi connectivity index (χ1v) is 9.74. The number of esters is 4. The Morgan fingerprint density at radius 3 is 2.00 bits per heavy atom. The van der Waals surface area contributed by atoms with Gasteiger partial charge in [-0.2, -0.15) is 0 Å². The van der Waals surface area contributed by atoms with Crippen LogP contribution >= 0.6 is 0 Å². The highest BCUT2D eigenvalue weighted by Crippen LogP contribution is 2.34. The van der Waals surface area contributed by atoms with Crippen molar-refractivity contribution in [3.8, 4) is 11.5 Å². The van der Waals surface area contributed by atoms with Gasteiger partial charge in [-0.3, -0.25) is 19.2 Å². The number of rotatable bonds is 7. The fraction of sp³-hybridized carbons (Fsp3) is 0.524. The number of ether oxygens (including phenoxy) is 6. The molecule has 11 nitrogen and oxygen atoms in total. The Hall–Kier alpha value is -3.34. The van der Waals surface area contributed by atoms with Crippen LogP contribution in [0.3, 0.4) is 0 Å². The number of hydrogen-bond acceptors (Lipinski definition) is 11. The molecule has 1 heterocycles. The van der Waals surface area contributed by atoms with E-state index in [9.17, 15) is 24.3 Å². The quantitative estimate of drug-likeness (QED) is 0.468. The molecule has 176 valence electrons. The molecule has 1 aromatic carbocycles. The van der Waals surface area contributed by atoms with Gasteiger partial charge in [0.15, 0.2) is 23.7 Å². The number of hydrogen-bond donors (Lipinski definition) is 1. The Morgan fingerprint density at radius 2 is 1.44 bits per heavy atom. The van der Waals surface area contributed by atoms with Crippen LogP contribution in [0.25, 0.3) is 0 Å². The van der Waals surface area contributed by atoms with E-state index in [1.165, 1.54) is 19.1 Å². The minimum absolute atomic E-state index is 0.00546. The lowest BCUT2D eigenvalue weighted by Crippen LogP contribution is -2.63. The highest BCUT2D eigenvalue weighted by molar-refractivity contribution is 5.68. The van der Waals surface area contributed by atoms with E-state index in [1.807, 2.05) is 0 Å². The van der Waals surface area contributed by atoms with Crippen molar-refractivity contribution < 1.29 is 52.7 Å². The molecule has 32 heavy (non-hydrogen) atoms. The molecule has 0 aliphatic carbocycles. The van der Waals surface area contributed by atoms with Gasteiger partial charge in [0.25, 0.3) is 0 Å². The Kier molecular flexibility index (Phi) is 8.41. The van der Waals surface area contributed by atoms with E-state index in [2.05, 4.69) is 0 Å². The maximum atomic E-state index is 11.8. The number of carbonyl (C=O) groups excluding carboxylic acids is 4. The third-order valence-electron chi connectivity index (χ3n) is 4.31.